The van der Waals surface area contributed by atoms with Crippen molar-refractivity contribution >= 4 is 45.9 Å². The highest BCUT2D eigenvalue weighted by Gasteiger charge is 2.20. The summed E-state index contributed by atoms with van der Waals surface area (Å²) in [7, 11) is 0. The summed E-state index contributed by atoms with van der Waals surface area (Å²) in [5, 5.41) is 3.73. The van der Waals surface area contributed by atoms with Gasteiger partial charge >= 0.3 is 0 Å². The van der Waals surface area contributed by atoms with Crippen LogP contribution in [-0.4, -0.2) is 10.9 Å². The molecule has 140 valence electrons. The molecule has 3 aromatic carbocycles. The summed E-state index contributed by atoms with van der Waals surface area (Å²) in [5.74, 6) is -0.104. The molecule has 0 bridgehead atoms. The first-order valence-corrected chi connectivity index (χ1v) is 9.49. The molecular formula is C22H16Cl2N2O2. The molecule has 4 nitrogen and oxygen atoms in total. The summed E-state index contributed by atoms with van der Waals surface area (Å²) >= 11 is 12.3. The first kappa shape index (κ1) is 18.5. The molecule has 1 aromatic heterocycles. The van der Waals surface area contributed by atoms with Crippen LogP contribution in [0.1, 0.15) is 18.4 Å². The van der Waals surface area contributed by atoms with Gasteiger partial charge in [0, 0.05) is 11.3 Å². The van der Waals surface area contributed by atoms with E-state index in [2.05, 4.69) is 10.3 Å². The van der Waals surface area contributed by atoms with Gasteiger partial charge in [-0.05, 0) is 48.9 Å². The smallest absolute Gasteiger partial charge is 0.231 e. The lowest BCUT2D eigenvalue weighted by atomic mass is 10.00. The van der Waals surface area contributed by atoms with Gasteiger partial charge in [-0.15, -0.1) is 0 Å². The van der Waals surface area contributed by atoms with E-state index < -0.39 is 5.92 Å². The van der Waals surface area contributed by atoms with E-state index in [-0.39, 0.29) is 5.91 Å². The average Bonchev–Trinajstić information content (AvgIpc) is 3.13. The van der Waals surface area contributed by atoms with Crippen molar-refractivity contribution in [3.63, 3.8) is 0 Å². The summed E-state index contributed by atoms with van der Waals surface area (Å²) < 4.78 is 5.80. The topological polar surface area (TPSA) is 55.1 Å². The summed E-state index contributed by atoms with van der Waals surface area (Å²) in [5.41, 5.74) is 3.54. The van der Waals surface area contributed by atoms with Crippen LogP contribution >= 0.6 is 23.2 Å². The average molecular weight is 411 g/mol. The van der Waals surface area contributed by atoms with Gasteiger partial charge < -0.3 is 9.73 Å². The molecule has 0 fully saturated rings. The molecule has 6 heteroatoms. The van der Waals surface area contributed by atoms with E-state index >= 15 is 0 Å². The highest BCUT2D eigenvalue weighted by molar-refractivity contribution is 6.42. The first-order valence-electron chi connectivity index (χ1n) is 8.73. The van der Waals surface area contributed by atoms with Gasteiger partial charge in [-0.3, -0.25) is 4.79 Å². The molecule has 0 aliphatic heterocycles. The van der Waals surface area contributed by atoms with Crippen molar-refractivity contribution in [1.82, 2.24) is 4.98 Å². The summed E-state index contributed by atoms with van der Waals surface area (Å²) in [4.78, 5) is 17.2. The minimum atomic E-state index is -0.459. The molecule has 1 N–H and O–H groups in total. The fourth-order valence-corrected chi connectivity index (χ4v) is 3.43. The van der Waals surface area contributed by atoms with Crippen LogP contribution in [0.3, 0.4) is 0 Å². The van der Waals surface area contributed by atoms with Crippen molar-refractivity contribution < 1.29 is 9.21 Å². The number of aromatic nitrogens is 1. The van der Waals surface area contributed by atoms with Crippen LogP contribution in [0.4, 0.5) is 5.69 Å². The van der Waals surface area contributed by atoms with Gasteiger partial charge in [0.2, 0.25) is 11.8 Å². The number of oxazole rings is 1. The number of anilines is 1. The quantitative estimate of drug-likeness (QED) is 0.415. The second-order valence-electron chi connectivity index (χ2n) is 6.42. The highest BCUT2D eigenvalue weighted by atomic mass is 35.5. The van der Waals surface area contributed by atoms with E-state index in [0.29, 0.717) is 38.3 Å². The molecule has 0 aliphatic carbocycles. The molecular weight excluding hydrogens is 395 g/mol. The molecule has 1 heterocycles. The van der Waals surface area contributed by atoms with E-state index in [1.165, 1.54) is 0 Å². The molecule has 4 rings (SSSR count). The van der Waals surface area contributed by atoms with Crippen molar-refractivity contribution in [2.24, 2.45) is 0 Å². The number of nitrogens with zero attached hydrogens (tertiary/aromatic N) is 1. The summed E-state index contributed by atoms with van der Waals surface area (Å²) in [6, 6.07) is 20.3. The number of halogens is 2. The van der Waals surface area contributed by atoms with E-state index in [1.807, 2.05) is 30.3 Å². The number of rotatable bonds is 4. The lowest BCUT2D eigenvalue weighted by molar-refractivity contribution is -0.117. The predicted molar refractivity (Wildman–Crippen MR) is 113 cm³/mol. The predicted octanol–water partition coefficient (Wildman–Crippen LogP) is 6.54. The molecule has 1 amide bonds. The zero-order chi connectivity index (χ0) is 19.7. The zero-order valence-electron chi connectivity index (χ0n) is 14.9. The lowest BCUT2D eigenvalue weighted by Gasteiger charge is -2.14. The lowest BCUT2D eigenvalue weighted by Crippen LogP contribution is -2.19. The van der Waals surface area contributed by atoms with Crippen LogP contribution in [0.15, 0.2) is 71.1 Å². The minimum absolute atomic E-state index is 0.185. The maximum Gasteiger partial charge on any atom is 0.231 e. The van der Waals surface area contributed by atoms with Gasteiger partial charge in [0.1, 0.15) is 5.52 Å². The SMILES string of the molecule is C[C@H](C(=O)Nc1ccc2oc(-c3ccccc3)nc2c1)c1cccc(Cl)c1Cl. The molecule has 1 atom stereocenters. The summed E-state index contributed by atoms with van der Waals surface area (Å²) in [6.45, 7) is 1.79. The van der Waals surface area contributed by atoms with E-state index in [9.17, 15) is 4.79 Å². The number of benzene rings is 3. The van der Waals surface area contributed by atoms with Gasteiger partial charge in [0.15, 0.2) is 5.58 Å². The van der Waals surface area contributed by atoms with Gasteiger partial charge in [-0.1, -0.05) is 53.5 Å². The highest BCUT2D eigenvalue weighted by Crippen LogP contribution is 2.32. The van der Waals surface area contributed by atoms with E-state index in [4.69, 9.17) is 27.6 Å². The Kier molecular flexibility index (Phi) is 5.07. The van der Waals surface area contributed by atoms with E-state index in [0.717, 1.165) is 5.56 Å². The summed E-state index contributed by atoms with van der Waals surface area (Å²) in [6.07, 6.45) is 0. The number of carbonyl (C=O) groups excluding carboxylic acids is 1. The van der Waals surface area contributed by atoms with Crippen LogP contribution in [0.25, 0.3) is 22.6 Å². The Labute approximate surface area is 172 Å². The minimum Gasteiger partial charge on any atom is -0.436 e. The van der Waals surface area contributed by atoms with Crippen molar-refractivity contribution in [1.29, 1.82) is 0 Å². The number of nitrogens with one attached hydrogen (secondary N) is 1. The second-order valence-corrected chi connectivity index (χ2v) is 7.21. The van der Waals surface area contributed by atoms with Gasteiger partial charge in [0.25, 0.3) is 0 Å². The van der Waals surface area contributed by atoms with Gasteiger partial charge in [-0.2, -0.15) is 0 Å². The Morgan fingerprint density at radius 1 is 1.04 bits per heavy atom. The zero-order valence-corrected chi connectivity index (χ0v) is 16.5. The molecule has 0 aliphatic rings. The Morgan fingerprint density at radius 2 is 1.82 bits per heavy atom. The number of fused-ring (bicyclic) bond motifs is 1. The maximum absolute atomic E-state index is 12.7. The number of hydrogen-bond donors (Lipinski definition) is 1. The van der Waals surface area contributed by atoms with Crippen molar-refractivity contribution in [2.45, 2.75) is 12.8 Å². The van der Waals surface area contributed by atoms with Crippen LogP contribution in [0.5, 0.6) is 0 Å². The van der Waals surface area contributed by atoms with Crippen LogP contribution < -0.4 is 5.32 Å². The molecule has 0 unspecified atom stereocenters. The Balaban J connectivity index is 1.57. The normalized spacial score (nSPS) is 12.1. The molecule has 0 spiro atoms. The molecule has 0 radical (unpaired) electrons. The first-order chi connectivity index (χ1) is 13.5. The fourth-order valence-electron chi connectivity index (χ4n) is 2.96. The van der Waals surface area contributed by atoms with Crippen molar-refractivity contribution in [2.75, 3.05) is 5.32 Å². The third-order valence-electron chi connectivity index (χ3n) is 4.52. The number of amides is 1. The Morgan fingerprint density at radius 3 is 2.61 bits per heavy atom. The van der Waals surface area contributed by atoms with Crippen LogP contribution in [0, 0.1) is 0 Å². The van der Waals surface area contributed by atoms with Crippen LogP contribution in [0.2, 0.25) is 10.0 Å². The van der Waals surface area contributed by atoms with Crippen molar-refractivity contribution in [3.8, 4) is 11.5 Å². The van der Waals surface area contributed by atoms with E-state index in [1.54, 1.807) is 43.3 Å². The fraction of sp³-hybridized carbons (Fsp3) is 0.0909. The molecule has 0 saturated heterocycles. The molecule has 28 heavy (non-hydrogen) atoms. The van der Waals surface area contributed by atoms with Crippen molar-refractivity contribution in [3.05, 3.63) is 82.3 Å². The monoisotopic (exact) mass is 410 g/mol. The number of carbonyl (C=O) groups is 1. The Hall–Kier alpha value is -2.82. The second kappa shape index (κ2) is 7.66. The largest absolute Gasteiger partial charge is 0.436 e. The maximum atomic E-state index is 12.7. The standard InChI is InChI=1S/C22H16Cl2N2O2/c1-13(16-8-5-9-17(23)20(16)24)21(27)25-15-10-11-19-18(12-15)26-22(28-19)14-6-3-2-4-7-14/h2-13H,1H3,(H,25,27)/t13-/m0/s1. The number of hydrogen-bond acceptors (Lipinski definition) is 3. The third kappa shape index (κ3) is 3.61. The Bertz CT molecular complexity index is 1160. The molecule has 4 aromatic rings. The third-order valence-corrected chi connectivity index (χ3v) is 5.35. The van der Waals surface area contributed by atoms with Gasteiger partial charge in [-0.25, -0.2) is 4.98 Å². The van der Waals surface area contributed by atoms with Gasteiger partial charge in [0.05, 0.1) is 16.0 Å². The molecule has 0 saturated carbocycles. The van der Waals surface area contributed by atoms with Crippen LogP contribution in [-0.2, 0) is 4.79 Å².